The number of sulfonamides is 1. The lowest BCUT2D eigenvalue weighted by Crippen LogP contribution is -2.44. The molecule has 0 amide bonds. The van der Waals surface area contributed by atoms with Crippen molar-refractivity contribution in [1.29, 1.82) is 0 Å². The summed E-state index contributed by atoms with van der Waals surface area (Å²) in [7, 11) is -3.44. The number of hydrogen-bond donors (Lipinski definition) is 1. The first kappa shape index (κ1) is 15.7. The molecule has 1 aromatic rings. The summed E-state index contributed by atoms with van der Waals surface area (Å²) < 4.78 is 27.4. The standard InChI is InChI=1S/C14H22N2O2S2/c1-9-5-13(15)6-10(2)14(9)20(17,18)16-7-11(3)19-12(4)8-16/h5-6,11-12H,7-8,15H2,1-4H3. The lowest BCUT2D eigenvalue weighted by atomic mass is 10.1. The van der Waals surface area contributed by atoms with Gasteiger partial charge in [-0.05, 0) is 37.1 Å². The summed E-state index contributed by atoms with van der Waals surface area (Å²) in [6.07, 6.45) is 0. The van der Waals surface area contributed by atoms with Gasteiger partial charge in [0.05, 0.1) is 4.90 Å². The normalized spacial score (nSPS) is 24.8. The number of nitrogens with two attached hydrogens (primary N) is 1. The van der Waals surface area contributed by atoms with Crippen molar-refractivity contribution in [3.63, 3.8) is 0 Å². The molecule has 20 heavy (non-hydrogen) atoms. The summed E-state index contributed by atoms with van der Waals surface area (Å²) in [6.45, 7) is 8.90. The maximum absolute atomic E-state index is 12.9. The number of nitrogen functional groups attached to an aromatic ring is 1. The van der Waals surface area contributed by atoms with Crippen molar-refractivity contribution in [3.8, 4) is 0 Å². The van der Waals surface area contributed by atoms with Gasteiger partial charge in [0.15, 0.2) is 0 Å². The zero-order chi connectivity index (χ0) is 15.1. The van der Waals surface area contributed by atoms with Gasteiger partial charge in [0.2, 0.25) is 10.0 Å². The van der Waals surface area contributed by atoms with Crippen LogP contribution in [0, 0.1) is 13.8 Å². The first-order valence-corrected chi connectivity index (χ1v) is 9.12. The minimum absolute atomic E-state index is 0.322. The molecule has 0 aromatic heterocycles. The predicted octanol–water partition coefficient (Wildman–Crippen LogP) is 2.40. The van der Waals surface area contributed by atoms with E-state index >= 15 is 0 Å². The maximum Gasteiger partial charge on any atom is 0.243 e. The third kappa shape index (κ3) is 2.97. The lowest BCUT2D eigenvalue weighted by molar-refractivity contribution is 0.404. The van der Waals surface area contributed by atoms with E-state index in [0.717, 1.165) is 11.1 Å². The first-order chi connectivity index (χ1) is 9.21. The topological polar surface area (TPSA) is 63.4 Å². The van der Waals surface area contributed by atoms with Gasteiger partial charge in [-0.2, -0.15) is 16.1 Å². The molecule has 2 rings (SSSR count). The van der Waals surface area contributed by atoms with Gasteiger partial charge < -0.3 is 5.73 Å². The van der Waals surface area contributed by atoms with Crippen LogP contribution >= 0.6 is 11.8 Å². The molecule has 1 aromatic carbocycles. The number of hydrogen-bond acceptors (Lipinski definition) is 4. The summed E-state index contributed by atoms with van der Waals surface area (Å²) in [5, 5.41) is 0.644. The molecule has 0 spiro atoms. The van der Waals surface area contributed by atoms with Crippen LogP contribution in [0.5, 0.6) is 0 Å². The second kappa shape index (κ2) is 5.58. The Morgan fingerprint density at radius 2 is 1.60 bits per heavy atom. The van der Waals surface area contributed by atoms with Gasteiger partial charge in [0.1, 0.15) is 0 Å². The van der Waals surface area contributed by atoms with Crippen molar-refractivity contribution >= 4 is 27.5 Å². The van der Waals surface area contributed by atoms with Crippen molar-refractivity contribution < 1.29 is 8.42 Å². The van der Waals surface area contributed by atoms with Crippen LogP contribution in [-0.4, -0.2) is 36.3 Å². The molecular weight excluding hydrogens is 292 g/mol. The molecule has 0 saturated carbocycles. The number of nitrogens with zero attached hydrogens (tertiary/aromatic N) is 1. The number of thioether (sulfide) groups is 1. The van der Waals surface area contributed by atoms with Gasteiger partial charge in [-0.1, -0.05) is 13.8 Å². The third-order valence-corrected chi connectivity index (χ3v) is 6.83. The third-order valence-electron chi connectivity index (χ3n) is 3.47. The Morgan fingerprint density at radius 3 is 2.05 bits per heavy atom. The van der Waals surface area contributed by atoms with Crippen molar-refractivity contribution in [2.24, 2.45) is 0 Å². The summed E-state index contributed by atoms with van der Waals surface area (Å²) in [5.41, 5.74) is 7.84. The van der Waals surface area contributed by atoms with E-state index in [9.17, 15) is 8.42 Å². The van der Waals surface area contributed by atoms with Gasteiger partial charge in [-0.15, -0.1) is 0 Å². The quantitative estimate of drug-likeness (QED) is 0.852. The number of rotatable bonds is 2. The molecule has 4 nitrogen and oxygen atoms in total. The summed E-state index contributed by atoms with van der Waals surface area (Å²) in [5.74, 6) is 0. The van der Waals surface area contributed by atoms with Crippen LogP contribution in [0.15, 0.2) is 17.0 Å². The monoisotopic (exact) mass is 314 g/mol. The van der Waals surface area contributed by atoms with Crippen LogP contribution in [0.3, 0.4) is 0 Å². The lowest BCUT2D eigenvalue weighted by Gasteiger charge is -2.34. The Bertz CT molecular complexity index is 581. The molecule has 6 heteroatoms. The Morgan fingerprint density at radius 1 is 1.15 bits per heavy atom. The van der Waals surface area contributed by atoms with E-state index in [4.69, 9.17) is 5.73 Å². The molecule has 1 saturated heterocycles. The molecule has 1 heterocycles. The van der Waals surface area contributed by atoms with E-state index in [1.807, 2.05) is 25.6 Å². The highest BCUT2D eigenvalue weighted by Gasteiger charge is 2.33. The largest absolute Gasteiger partial charge is 0.399 e. The molecular formula is C14H22N2O2S2. The van der Waals surface area contributed by atoms with Crippen molar-refractivity contribution in [1.82, 2.24) is 4.31 Å². The van der Waals surface area contributed by atoms with Gasteiger partial charge in [-0.25, -0.2) is 8.42 Å². The molecule has 112 valence electrons. The van der Waals surface area contributed by atoms with Crippen LogP contribution in [-0.2, 0) is 10.0 Å². The second-order valence-corrected chi connectivity index (χ2v) is 9.32. The van der Waals surface area contributed by atoms with E-state index in [0.29, 0.717) is 34.2 Å². The van der Waals surface area contributed by atoms with Gasteiger partial charge >= 0.3 is 0 Å². The first-order valence-electron chi connectivity index (χ1n) is 6.74. The van der Waals surface area contributed by atoms with Crippen LogP contribution in [0.1, 0.15) is 25.0 Å². The van der Waals surface area contributed by atoms with Crippen LogP contribution in [0.4, 0.5) is 5.69 Å². The second-order valence-electron chi connectivity index (χ2n) is 5.56. The molecule has 0 radical (unpaired) electrons. The fourth-order valence-corrected chi connectivity index (χ4v) is 6.39. The summed E-state index contributed by atoms with van der Waals surface area (Å²) in [4.78, 5) is 0.415. The highest BCUT2D eigenvalue weighted by atomic mass is 32.2. The number of aryl methyl sites for hydroxylation is 2. The Kier molecular flexibility index (Phi) is 4.37. The molecule has 1 aliphatic heterocycles. The van der Waals surface area contributed by atoms with Crippen molar-refractivity contribution in [2.45, 2.75) is 43.1 Å². The van der Waals surface area contributed by atoms with Gasteiger partial charge in [-0.3, -0.25) is 0 Å². The zero-order valence-electron chi connectivity index (χ0n) is 12.4. The molecule has 2 N–H and O–H groups in total. The highest BCUT2D eigenvalue weighted by molar-refractivity contribution is 8.00. The average Bonchev–Trinajstić information content (AvgIpc) is 2.25. The van der Waals surface area contributed by atoms with Crippen LogP contribution in [0.25, 0.3) is 0 Å². The number of anilines is 1. The molecule has 2 atom stereocenters. The van der Waals surface area contributed by atoms with E-state index in [1.54, 1.807) is 16.4 Å². The van der Waals surface area contributed by atoms with Crippen LogP contribution in [0.2, 0.25) is 0 Å². The summed E-state index contributed by atoms with van der Waals surface area (Å²) >= 11 is 1.84. The Balaban J connectivity index is 2.45. The Labute approximate surface area is 125 Å². The van der Waals surface area contributed by atoms with E-state index in [1.165, 1.54) is 0 Å². The Hall–Kier alpha value is -0.720. The summed E-state index contributed by atoms with van der Waals surface area (Å²) in [6, 6.07) is 3.46. The SMILES string of the molecule is Cc1cc(N)cc(C)c1S(=O)(=O)N1CC(C)SC(C)C1. The number of benzene rings is 1. The maximum atomic E-state index is 12.9. The van der Waals surface area contributed by atoms with Gasteiger partial charge in [0.25, 0.3) is 0 Å². The molecule has 0 aliphatic carbocycles. The van der Waals surface area contributed by atoms with E-state index in [2.05, 4.69) is 13.8 Å². The van der Waals surface area contributed by atoms with E-state index in [-0.39, 0.29) is 0 Å². The average molecular weight is 314 g/mol. The smallest absolute Gasteiger partial charge is 0.243 e. The minimum atomic E-state index is -3.44. The highest BCUT2D eigenvalue weighted by Crippen LogP contribution is 2.31. The van der Waals surface area contributed by atoms with Crippen molar-refractivity contribution in [3.05, 3.63) is 23.3 Å². The fourth-order valence-electron chi connectivity index (χ4n) is 2.85. The molecule has 2 unspecified atom stereocenters. The van der Waals surface area contributed by atoms with Crippen molar-refractivity contribution in [2.75, 3.05) is 18.8 Å². The zero-order valence-corrected chi connectivity index (χ0v) is 14.0. The molecule has 1 aliphatic rings. The minimum Gasteiger partial charge on any atom is -0.399 e. The van der Waals surface area contributed by atoms with Crippen LogP contribution < -0.4 is 5.73 Å². The van der Waals surface area contributed by atoms with Gasteiger partial charge in [0, 0.05) is 29.3 Å². The predicted molar refractivity (Wildman–Crippen MR) is 85.6 cm³/mol. The van der Waals surface area contributed by atoms with E-state index < -0.39 is 10.0 Å². The molecule has 1 fully saturated rings. The molecule has 0 bridgehead atoms. The fraction of sp³-hybridized carbons (Fsp3) is 0.571.